The SMILES string of the molecule is O=C(c1ccccc1Cl)N(CCN1CCOCC1)CC(=O)N1N=C(c2cccs2)C[C@@H]1c1cccc([N+](=O)[O-])c1. The molecule has 5 rings (SSSR count). The van der Waals surface area contributed by atoms with Crippen molar-refractivity contribution in [3.63, 3.8) is 0 Å². The van der Waals surface area contributed by atoms with Crippen molar-refractivity contribution in [2.75, 3.05) is 45.9 Å². The molecule has 3 aromatic rings. The summed E-state index contributed by atoms with van der Waals surface area (Å²) in [5, 5.41) is 19.7. The van der Waals surface area contributed by atoms with Crippen molar-refractivity contribution in [2.45, 2.75) is 12.5 Å². The first-order valence-electron chi connectivity index (χ1n) is 12.9. The Bertz CT molecular complexity index is 1410. The number of morpholine rings is 1. The molecule has 0 spiro atoms. The van der Waals surface area contributed by atoms with E-state index in [0.29, 0.717) is 48.9 Å². The molecule has 208 valence electrons. The predicted octanol–water partition coefficient (Wildman–Crippen LogP) is 4.46. The number of rotatable bonds is 9. The fourth-order valence-corrected chi connectivity index (χ4v) is 5.75. The number of halogens is 1. The summed E-state index contributed by atoms with van der Waals surface area (Å²) in [6.45, 7) is 3.40. The van der Waals surface area contributed by atoms with Gasteiger partial charge >= 0.3 is 0 Å². The van der Waals surface area contributed by atoms with Gasteiger partial charge in [-0.15, -0.1) is 11.3 Å². The van der Waals surface area contributed by atoms with E-state index in [1.54, 1.807) is 36.4 Å². The summed E-state index contributed by atoms with van der Waals surface area (Å²) < 4.78 is 5.43. The summed E-state index contributed by atoms with van der Waals surface area (Å²) in [5.74, 6) is -0.730. The number of hydrogen-bond donors (Lipinski definition) is 0. The second-order valence-electron chi connectivity index (χ2n) is 9.49. The van der Waals surface area contributed by atoms with E-state index in [2.05, 4.69) is 10.0 Å². The number of nitrogens with zero attached hydrogens (tertiary/aromatic N) is 5. The molecule has 3 heterocycles. The number of nitro benzene ring substituents is 1. The highest BCUT2D eigenvalue weighted by molar-refractivity contribution is 7.12. The molecule has 0 saturated carbocycles. The quantitative estimate of drug-likeness (QED) is 0.273. The summed E-state index contributed by atoms with van der Waals surface area (Å²) in [6, 6.07) is 16.3. The molecule has 1 atom stereocenters. The lowest BCUT2D eigenvalue weighted by atomic mass is 10.0. The molecule has 2 aliphatic rings. The maximum atomic E-state index is 13.9. The first kappa shape index (κ1) is 27.9. The summed E-state index contributed by atoms with van der Waals surface area (Å²) in [5.41, 5.74) is 1.58. The molecule has 1 aromatic heterocycles. The van der Waals surface area contributed by atoms with Gasteiger partial charge in [-0.2, -0.15) is 5.10 Å². The monoisotopic (exact) mass is 581 g/mol. The van der Waals surface area contributed by atoms with Crippen molar-refractivity contribution < 1.29 is 19.2 Å². The van der Waals surface area contributed by atoms with Crippen LogP contribution in [0.4, 0.5) is 5.69 Å². The molecule has 10 nitrogen and oxygen atoms in total. The Morgan fingerprint density at radius 2 is 1.93 bits per heavy atom. The number of nitro groups is 1. The van der Waals surface area contributed by atoms with Gasteiger partial charge in [0.05, 0.1) is 45.4 Å². The van der Waals surface area contributed by atoms with Crippen LogP contribution in [0.1, 0.15) is 33.3 Å². The molecule has 0 N–H and O–H groups in total. The van der Waals surface area contributed by atoms with Gasteiger partial charge in [0.15, 0.2) is 0 Å². The van der Waals surface area contributed by atoms with Crippen LogP contribution < -0.4 is 0 Å². The number of ether oxygens (including phenoxy) is 1. The summed E-state index contributed by atoms with van der Waals surface area (Å²) in [4.78, 5) is 43.1. The van der Waals surface area contributed by atoms with E-state index >= 15 is 0 Å². The molecular formula is C28H28ClN5O5S. The lowest BCUT2D eigenvalue weighted by Crippen LogP contribution is -2.46. The fraction of sp³-hybridized carbons (Fsp3) is 0.321. The Balaban J connectivity index is 1.42. The molecule has 1 saturated heterocycles. The largest absolute Gasteiger partial charge is 0.379 e. The van der Waals surface area contributed by atoms with Gasteiger partial charge in [0.2, 0.25) is 0 Å². The van der Waals surface area contributed by atoms with Gasteiger partial charge in [-0.25, -0.2) is 5.01 Å². The van der Waals surface area contributed by atoms with E-state index in [-0.39, 0.29) is 24.0 Å². The number of carbonyl (C=O) groups excluding carboxylic acids is 2. The summed E-state index contributed by atoms with van der Waals surface area (Å²) >= 11 is 7.86. The van der Waals surface area contributed by atoms with E-state index in [1.807, 2.05) is 17.5 Å². The topological polar surface area (TPSA) is 109 Å². The summed E-state index contributed by atoms with van der Waals surface area (Å²) in [7, 11) is 0. The second-order valence-corrected chi connectivity index (χ2v) is 10.8. The third-order valence-electron chi connectivity index (χ3n) is 6.94. The van der Waals surface area contributed by atoms with Crippen molar-refractivity contribution in [1.29, 1.82) is 0 Å². The Morgan fingerprint density at radius 1 is 1.12 bits per heavy atom. The number of amides is 2. The number of thiophene rings is 1. The van der Waals surface area contributed by atoms with Crippen LogP contribution in [-0.2, 0) is 9.53 Å². The first-order chi connectivity index (χ1) is 19.4. The Hall–Kier alpha value is -3.64. The van der Waals surface area contributed by atoms with Crippen LogP contribution in [0.25, 0.3) is 0 Å². The molecule has 0 unspecified atom stereocenters. The fourth-order valence-electron chi connectivity index (χ4n) is 4.82. The molecule has 2 amide bonds. The molecule has 1 fully saturated rings. The minimum absolute atomic E-state index is 0.0597. The normalized spacial score (nSPS) is 17.5. The lowest BCUT2D eigenvalue weighted by Gasteiger charge is -2.31. The van der Waals surface area contributed by atoms with Gasteiger partial charge < -0.3 is 9.64 Å². The highest BCUT2D eigenvalue weighted by atomic mass is 35.5. The minimum Gasteiger partial charge on any atom is -0.379 e. The van der Waals surface area contributed by atoms with Crippen molar-refractivity contribution in [3.05, 3.63) is 97.2 Å². The number of non-ortho nitro benzene ring substituents is 1. The molecule has 0 aliphatic carbocycles. The Labute approximate surface area is 240 Å². The van der Waals surface area contributed by atoms with Crippen LogP contribution >= 0.6 is 22.9 Å². The predicted molar refractivity (Wildman–Crippen MR) is 153 cm³/mol. The lowest BCUT2D eigenvalue weighted by molar-refractivity contribution is -0.385. The van der Waals surface area contributed by atoms with Gasteiger partial charge in [0.25, 0.3) is 17.5 Å². The third-order valence-corrected chi connectivity index (χ3v) is 8.19. The first-order valence-corrected chi connectivity index (χ1v) is 14.2. The maximum absolute atomic E-state index is 13.9. The van der Waals surface area contributed by atoms with E-state index in [9.17, 15) is 19.7 Å². The van der Waals surface area contributed by atoms with Crippen molar-refractivity contribution in [1.82, 2.24) is 14.8 Å². The van der Waals surface area contributed by atoms with Gasteiger partial charge in [-0.05, 0) is 29.1 Å². The van der Waals surface area contributed by atoms with Crippen LogP contribution in [0.15, 0.2) is 71.1 Å². The molecule has 40 heavy (non-hydrogen) atoms. The molecular weight excluding hydrogens is 554 g/mol. The standard InChI is InChI=1S/C28H28ClN5O5S/c29-23-8-2-1-7-22(23)28(36)32(11-10-31-12-14-39-15-13-31)19-27(35)33-25(18-24(30-33)26-9-4-16-40-26)20-5-3-6-21(17-20)34(37)38/h1-9,16-17,25H,10-15,18-19H2/t25-/m1/s1. The van der Waals surface area contributed by atoms with E-state index < -0.39 is 11.0 Å². The summed E-state index contributed by atoms with van der Waals surface area (Å²) in [6.07, 6.45) is 0.402. The molecule has 2 aromatic carbocycles. The van der Waals surface area contributed by atoms with Crippen molar-refractivity contribution in [3.8, 4) is 0 Å². The molecule has 0 radical (unpaired) electrons. The average molecular weight is 582 g/mol. The smallest absolute Gasteiger partial charge is 0.269 e. The van der Waals surface area contributed by atoms with Crippen LogP contribution in [0.2, 0.25) is 5.02 Å². The van der Waals surface area contributed by atoms with Crippen molar-refractivity contribution in [2.24, 2.45) is 5.10 Å². The molecule has 2 aliphatic heterocycles. The average Bonchev–Trinajstić information content (AvgIpc) is 3.66. The highest BCUT2D eigenvalue weighted by Gasteiger charge is 2.35. The zero-order valence-electron chi connectivity index (χ0n) is 21.6. The Morgan fingerprint density at radius 3 is 2.65 bits per heavy atom. The van der Waals surface area contributed by atoms with Crippen LogP contribution in [0.5, 0.6) is 0 Å². The number of hydrazone groups is 1. The zero-order valence-corrected chi connectivity index (χ0v) is 23.2. The van der Waals surface area contributed by atoms with Gasteiger partial charge in [-0.3, -0.25) is 24.6 Å². The van der Waals surface area contributed by atoms with Gasteiger partial charge in [0, 0.05) is 44.7 Å². The van der Waals surface area contributed by atoms with E-state index in [1.165, 1.54) is 33.4 Å². The maximum Gasteiger partial charge on any atom is 0.269 e. The second kappa shape index (κ2) is 12.7. The van der Waals surface area contributed by atoms with E-state index in [0.717, 1.165) is 23.7 Å². The molecule has 0 bridgehead atoms. The van der Waals surface area contributed by atoms with Crippen molar-refractivity contribution >= 4 is 46.2 Å². The van der Waals surface area contributed by atoms with Gasteiger partial charge in [0.1, 0.15) is 6.54 Å². The molecule has 12 heteroatoms. The number of carbonyl (C=O) groups is 2. The van der Waals surface area contributed by atoms with E-state index in [4.69, 9.17) is 16.3 Å². The van der Waals surface area contributed by atoms with Crippen LogP contribution in [0.3, 0.4) is 0 Å². The Kier molecular flexibility index (Phi) is 8.85. The minimum atomic E-state index is -0.541. The van der Waals surface area contributed by atoms with Crippen LogP contribution in [0, 0.1) is 10.1 Å². The van der Waals surface area contributed by atoms with Crippen LogP contribution in [-0.4, -0.2) is 83.2 Å². The number of hydrogen-bond acceptors (Lipinski definition) is 8. The highest BCUT2D eigenvalue weighted by Crippen LogP contribution is 2.35. The third kappa shape index (κ3) is 6.39. The zero-order chi connectivity index (χ0) is 28.1. The van der Waals surface area contributed by atoms with Gasteiger partial charge in [-0.1, -0.05) is 41.9 Å². The number of benzene rings is 2.